The molecule has 0 saturated heterocycles. The highest BCUT2D eigenvalue weighted by Crippen LogP contribution is 2.41. The smallest absolute Gasteiger partial charge is 0.160 e. The summed E-state index contributed by atoms with van der Waals surface area (Å²) in [4.78, 5) is 14.4. The van der Waals surface area contributed by atoms with Crippen LogP contribution in [0, 0.1) is 0 Å². The minimum absolute atomic E-state index is 0.0150. The van der Waals surface area contributed by atoms with Crippen LogP contribution >= 0.6 is 0 Å². The summed E-state index contributed by atoms with van der Waals surface area (Å²) in [5.74, 6) is -2.22. The molecule has 0 aliphatic rings. The topological polar surface area (TPSA) is 157 Å². The minimum atomic E-state index is -0.849. The Morgan fingerprint density at radius 2 is 0.976 bits per heavy atom. The second-order valence-corrected chi connectivity index (χ2v) is 10.1. The molecule has 9 heteroatoms. The van der Waals surface area contributed by atoms with E-state index in [0.29, 0.717) is 35.5 Å². The molecule has 0 bridgehead atoms. The van der Waals surface area contributed by atoms with Crippen LogP contribution in [0.4, 0.5) is 0 Å². The van der Waals surface area contributed by atoms with Gasteiger partial charge in [0.25, 0.3) is 0 Å². The molecule has 0 fully saturated rings. The number of hydrogen-bond donors (Lipinski definition) is 6. The Labute approximate surface area is 243 Å². The number of phenols is 6. The highest BCUT2D eigenvalue weighted by molar-refractivity contribution is 5.93. The van der Waals surface area contributed by atoms with Gasteiger partial charge in [0.05, 0.1) is 14.2 Å². The van der Waals surface area contributed by atoms with Crippen molar-refractivity contribution in [2.24, 2.45) is 0 Å². The molecule has 0 aliphatic carbocycles. The summed E-state index contributed by atoms with van der Waals surface area (Å²) in [6.07, 6.45) is 1.29. The molecule has 6 N–H and O–H groups in total. The van der Waals surface area contributed by atoms with Crippen LogP contribution in [0.3, 0.4) is 0 Å². The first-order valence-corrected chi connectivity index (χ1v) is 13.4. The highest BCUT2D eigenvalue weighted by Gasteiger charge is 2.32. The van der Waals surface area contributed by atoms with Crippen molar-refractivity contribution >= 4 is 5.78 Å². The summed E-state index contributed by atoms with van der Waals surface area (Å²) in [5.41, 5.74) is 2.22. The molecule has 0 saturated carbocycles. The second-order valence-electron chi connectivity index (χ2n) is 10.1. The first-order chi connectivity index (χ1) is 20.1. The number of Topliss-reactive ketones (excluding diaryl/α,β-unsaturated/α-hetero) is 1. The van der Waals surface area contributed by atoms with Gasteiger partial charge in [0.1, 0.15) is 28.8 Å². The molecule has 0 radical (unpaired) electrons. The van der Waals surface area contributed by atoms with E-state index in [4.69, 9.17) is 9.47 Å². The summed E-state index contributed by atoms with van der Waals surface area (Å²) >= 11 is 0. The van der Waals surface area contributed by atoms with Crippen molar-refractivity contribution in [1.82, 2.24) is 0 Å². The lowest BCUT2D eigenvalue weighted by molar-refractivity contribution is -0.122. The van der Waals surface area contributed by atoms with Gasteiger partial charge in [-0.2, -0.15) is 0 Å². The Hall–Kier alpha value is -5.05. The summed E-state index contributed by atoms with van der Waals surface area (Å²) < 4.78 is 10.4. The van der Waals surface area contributed by atoms with E-state index in [2.05, 4.69) is 0 Å². The number of hydrogen-bond acceptors (Lipinski definition) is 9. The maximum Gasteiger partial charge on any atom is 0.160 e. The van der Waals surface area contributed by atoms with Crippen LogP contribution in [0.25, 0.3) is 0 Å². The average Bonchev–Trinajstić information content (AvgIpc) is 2.96. The summed E-state index contributed by atoms with van der Waals surface area (Å²) in [5, 5.41) is 61.3. The zero-order valence-corrected chi connectivity index (χ0v) is 23.3. The number of rotatable bonds is 12. The minimum Gasteiger partial charge on any atom is -0.508 e. The number of carbonyl (C=O) groups is 1. The van der Waals surface area contributed by atoms with Gasteiger partial charge in [-0.3, -0.25) is 4.79 Å². The van der Waals surface area contributed by atoms with Gasteiger partial charge in [-0.1, -0.05) is 24.3 Å². The lowest BCUT2D eigenvalue weighted by Crippen LogP contribution is -2.22. The van der Waals surface area contributed by atoms with E-state index in [1.807, 2.05) is 0 Å². The lowest BCUT2D eigenvalue weighted by Gasteiger charge is -2.25. The number of methoxy groups -OCH3 is 2. The number of aryl methyl sites for hydroxylation is 2. The van der Waals surface area contributed by atoms with E-state index in [0.717, 1.165) is 11.1 Å². The summed E-state index contributed by atoms with van der Waals surface area (Å²) in [6, 6.07) is 18.0. The van der Waals surface area contributed by atoms with E-state index in [1.165, 1.54) is 62.8 Å². The Morgan fingerprint density at radius 3 is 1.33 bits per heavy atom. The molecule has 4 aromatic rings. The fraction of sp³-hybridized carbons (Fsp3) is 0.242. The molecule has 220 valence electrons. The molecule has 4 aromatic carbocycles. The zero-order chi connectivity index (χ0) is 30.4. The predicted octanol–water partition coefficient (Wildman–Crippen LogP) is 5.64. The number of aromatic hydroxyl groups is 6. The third kappa shape index (κ3) is 6.80. The first-order valence-electron chi connectivity index (χ1n) is 13.4. The van der Waals surface area contributed by atoms with E-state index < -0.39 is 11.8 Å². The highest BCUT2D eigenvalue weighted by atomic mass is 16.5. The van der Waals surface area contributed by atoms with Crippen LogP contribution < -0.4 is 9.47 Å². The normalized spacial score (nSPS) is 12.4. The van der Waals surface area contributed by atoms with Crippen molar-refractivity contribution in [1.29, 1.82) is 0 Å². The largest absolute Gasteiger partial charge is 0.508 e. The molecule has 0 heterocycles. The van der Waals surface area contributed by atoms with Crippen molar-refractivity contribution in [3.8, 4) is 46.0 Å². The van der Waals surface area contributed by atoms with Gasteiger partial charge in [0, 0.05) is 35.1 Å². The Morgan fingerprint density at radius 1 is 0.571 bits per heavy atom. The van der Waals surface area contributed by atoms with Crippen molar-refractivity contribution in [3.63, 3.8) is 0 Å². The number of phenolic OH excluding ortho intramolecular Hbond substituents is 6. The SMILES string of the molecule is COc1cc(CCC(C(=O)C(CCc2ccc(O)c(OC)c2)c2ccc(O)cc2O)c2ccc(O)cc2O)ccc1O. The molecular formula is C33H34O9. The third-order valence-electron chi connectivity index (χ3n) is 7.40. The number of carbonyl (C=O) groups excluding carboxylic acids is 1. The standard InChI is InChI=1S/C33H34O9/c1-41-31-15-19(5-13-27(31)36)3-9-25(23-11-7-21(34)17-29(23)38)33(40)26(24-12-8-22(35)18-30(24)39)10-4-20-6-14-28(37)32(16-20)42-2/h5-8,11-18,25-26,34-39H,3-4,9-10H2,1-2H3. The number of ketones is 1. The average molecular weight is 575 g/mol. The van der Waals surface area contributed by atoms with Crippen LogP contribution in [-0.4, -0.2) is 50.6 Å². The van der Waals surface area contributed by atoms with E-state index >= 15 is 0 Å². The molecule has 0 amide bonds. The molecule has 42 heavy (non-hydrogen) atoms. The van der Waals surface area contributed by atoms with E-state index in [1.54, 1.807) is 24.3 Å². The second kappa shape index (κ2) is 13.1. The van der Waals surface area contributed by atoms with Crippen molar-refractivity contribution in [2.45, 2.75) is 37.5 Å². The van der Waals surface area contributed by atoms with Crippen LogP contribution in [0.5, 0.6) is 46.0 Å². The number of ether oxygens (including phenoxy) is 2. The fourth-order valence-corrected chi connectivity index (χ4v) is 5.18. The Balaban J connectivity index is 1.72. The first kappa shape index (κ1) is 29.9. The maximum absolute atomic E-state index is 14.4. The van der Waals surface area contributed by atoms with Gasteiger partial charge >= 0.3 is 0 Å². The Kier molecular flexibility index (Phi) is 9.32. The van der Waals surface area contributed by atoms with Gasteiger partial charge in [-0.25, -0.2) is 0 Å². The summed E-state index contributed by atoms with van der Waals surface area (Å²) in [6.45, 7) is 0. The van der Waals surface area contributed by atoms with Gasteiger partial charge in [0.2, 0.25) is 0 Å². The van der Waals surface area contributed by atoms with Crippen LogP contribution in [0.15, 0.2) is 72.8 Å². The van der Waals surface area contributed by atoms with Gasteiger partial charge in [-0.05, 0) is 73.2 Å². The quantitative estimate of drug-likeness (QED) is 0.126. The van der Waals surface area contributed by atoms with E-state index in [9.17, 15) is 35.4 Å². The molecular weight excluding hydrogens is 540 g/mol. The van der Waals surface area contributed by atoms with Crippen LogP contribution in [0.2, 0.25) is 0 Å². The van der Waals surface area contributed by atoms with Gasteiger partial charge < -0.3 is 40.1 Å². The van der Waals surface area contributed by atoms with Crippen LogP contribution in [0.1, 0.15) is 46.9 Å². The lowest BCUT2D eigenvalue weighted by atomic mass is 9.78. The van der Waals surface area contributed by atoms with Gasteiger partial charge in [0.15, 0.2) is 23.0 Å². The molecule has 9 nitrogen and oxygen atoms in total. The molecule has 0 spiro atoms. The number of benzene rings is 4. The molecule has 0 aromatic heterocycles. The van der Waals surface area contributed by atoms with Crippen molar-refractivity contribution in [2.75, 3.05) is 14.2 Å². The monoisotopic (exact) mass is 574 g/mol. The summed E-state index contributed by atoms with van der Waals surface area (Å²) in [7, 11) is 2.89. The molecule has 0 aliphatic heterocycles. The van der Waals surface area contributed by atoms with Gasteiger partial charge in [-0.15, -0.1) is 0 Å². The Bertz CT molecular complexity index is 1450. The molecule has 2 atom stereocenters. The zero-order valence-electron chi connectivity index (χ0n) is 23.3. The maximum atomic E-state index is 14.4. The van der Waals surface area contributed by atoms with Crippen LogP contribution in [-0.2, 0) is 17.6 Å². The predicted molar refractivity (Wildman–Crippen MR) is 156 cm³/mol. The van der Waals surface area contributed by atoms with E-state index in [-0.39, 0.29) is 53.1 Å². The molecule has 2 unspecified atom stereocenters. The third-order valence-corrected chi connectivity index (χ3v) is 7.40. The fourth-order valence-electron chi connectivity index (χ4n) is 5.18. The molecule has 4 rings (SSSR count). The van der Waals surface area contributed by atoms with Crippen molar-refractivity contribution < 1.29 is 44.9 Å². The van der Waals surface area contributed by atoms with Crippen molar-refractivity contribution in [3.05, 3.63) is 95.1 Å².